The summed E-state index contributed by atoms with van der Waals surface area (Å²) < 4.78 is 16.4. The number of hydrogen-bond donors (Lipinski definition) is 1. The molecule has 3 rings (SSSR count). The SMILES string of the molecule is C=Cn1c(C=NC)nc(C2=C(F)C=CCC=C2)c1NCC(=O)N1CCCN(C)CC1. The zero-order valence-corrected chi connectivity index (χ0v) is 17.6. The molecule has 1 saturated heterocycles. The van der Waals surface area contributed by atoms with E-state index in [0.717, 1.165) is 26.1 Å². The summed E-state index contributed by atoms with van der Waals surface area (Å²) >= 11 is 0. The lowest BCUT2D eigenvalue weighted by atomic mass is 10.1. The molecule has 2 aliphatic rings. The molecule has 1 aromatic heterocycles. The Morgan fingerprint density at radius 2 is 2.10 bits per heavy atom. The van der Waals surface area contributed by atoms with Crippen LogP contribution in [0.3, 0.4) is 0 Å². The second-order valence-corrected chi connectivity index (χ2v) is 7.30. The molecule has 8 heteroatoms. The van der Waals surface area contributed by atoms with Crippen molar-refractivity contribution < 1.29 is 9.18 Å². The van der Waals surface area contributed by atoms with E-state index in [9.17, 15) is 9.18 Å². The first kappa shape index (κ1) is 21.7. The number of anilines is 1. The molecule has 0 bridgehead atoms. The Bertz CT molecular complexity index is 911. The second kappa shape index (κ2) is 10.2. The molecule has 1 amide bonds. The van der Waals surface area contributed by atoms with E-state index in [4.69, 9.17) is 0 Å². The highest BCUT2D eigenvalue weighted by Gasteiger charge is 2.22. The summed E-state index contributed by atoms with van der Waals surface area (Å²) in [6.45, 7) is 7.21. The number of carbonyl (C=O) groups is 1. The van der Waals surface area contributed by atoms with Crippen LogP contribution in [0.4, 0.5) is 10.2 Å². The maximum atomic E-state index is 14.7. The van der Waals surface area contributed by atoms with Gasteiger partial charge in [-0.05, 0) is 32.5 Å². The van der Waals surface area contributed by atoms with E-state index in [1.165, 1.54) is 6.08 Å². The lowest BCUT2D eigenvalue weighted by molar-refractivity contribution is -0.129. The third kappa shape index (κ3) is 4.94. The van der Waals surface area contributed by atoms with Crippen molar-refractivity contribution in [3.05, 3.63) is 48.2 Å². The Hall–Kier alpha value is -3.00. The first-order chi connectivity index (χ1) is 14.5. The van der Waals surface area contributed by atoms with Crippen LogP contribution in [0.15, 0.2) is 41.7 Å². The second-order valence-electron chi connectivity index (χ2n) is 7.30. The fourth-order valence-electron chi connectivity index (χ4n) is 3.56. The molecule has 0 spiro atoms. The predicted octanol–water partition coefficient (Wildman–Crippen LogP) is 2.81. The molecule has 1 N–H and O–H groups in total. The molecule has 160 valence electrons. The van der Waals surface area contributed by atoms with Gasteiger partial charge >= 0.3 is 0 Å². The standard InChI is InChI=1S/C22H29FN6O/c1-4-29-19(15-24-2)26-21(17-9-6-5-7-10-18(17)23)22(29)25-16-20(30)28-12-8-11-27(3)13-14-28/h4,6-7,9-10,15,25H,1,5,8,11-14,16H2,2-3H3. The van der Waals surface area contributed by atoms with Gasteiger partial charge in [0.1, 0.15) is 17.3 Å². The molecule has 30 heavy (non-hydrogen) atoms. The van der Waals surface area contributed by atoms with E-state index in [-0.39, 0.29) is 18.3 Å². The zero-order chi connectivity index (χ0) is 21.5. The first-order valence-corrected chi connectivity index (χ1v) is 10.2. The molecule has 0 saturated carbocycles. The van der Waals surface area contributed by atoms with Crippen LogP contribution in [0.2, 0.25) is 0 Å². The minimum Gasteiger partial charge on any atom is -0.360 e. The Morgan fingerprint density at radius 1 is 1.30 bits per heavy atom. The molecule has 1 aliphatic carbocycles. The molecule has 0 radical (unpaired) electrons. The number of aliphatic imine (C=N–C) groups is 1. The average Bonchev–Trinajstić information content (AvgIpc) is 2.87. The van der Waals surface area contributed by atoms with Crippen LogP contribution in [0.25, 0.3) is 11.8 Å². The lowest BCUT2D eigenvalue weighted by Gasteiger charge is -2.21. The summed E-state index contributed by atoms with van der Waals surface area (Å²) in [6, 6.07) is 0. The number of allylic oxidation sites excluding steroid dienone is 6. The summed E-state index contributed by atoms with van der Waals surface area (Å²) in [5, 5.41) is 3.18. The lowest BCUT2D eigenvalue weighted by Crippen LogP contribution is -2.38. The molecule has 1 aliphatic heterocycles. The van der Waals surface area contributed by atoms with Gasteiger partial charge in [-0.3, -0.25) is 14.4 Å². The quantitative estimate of drug-likeness (QED) is 0.730. The van der Waals surface area contributed by atoms with Gasteiger partial charge in [0.2, 0.25) is 5.91 Å². The molecule has 0 aromatic carbocycles. The Morgan fingerprint density at radius 3 is 2.87 bits per heavy atom. The topological polar surface area (TPSA) is 65.8 Å². The van der Waals surface area contributed by atoms with Gasteiger partial charge in [0.05, 0.1) is 12.8 Å². The minimum absolute atomic E-state index is 0.00419. The van der Waals surface area contributed by atoms with E-state index in [0.29, 0.717) is 35.9 Å². The van der Waals surface area contributed by atoms with Gasteiger partial charge in [-0.15, -0.1) is 0 Å². The number of halogens is 1. The van der Waals surface area contributed by atoms with Crippen LogP contribution in [-0.2, 0) is 4.79 Å². The van der Waals surface area contributed by atoms with Gasteiger partial charge in [-0.25, -0.2) is 9.37 Å². The largest absolute Gasteiger partial charge is 0.360 e. The smallest absolute Gasteiger partial charge is 0.241 e. The van der Waals surface area contributed by atoms with Crippen molar-refractivity contribution in [3.63, 3.8) is 0 Å². The summed E-state index contributed by atoms with van der Waals surface area (Å²) in [5.74, 6) is 0.660. The summed E-state index contributed by atoms with van der Waals surface area (Å²) in [4.78, 5) is 25.5. The van der Waals surface area contributed by atoms with E-state index < -0.39 is 0 Å². The number of amides is 1. The molecule has 7 nitrogen and oxygen atoms in total. The number of likely N-dealkylation sites (N-methyl/N-ethyl adjacent to an activating group) is 1. The molecular weight excluding hydrogens is 383 g/mol. The number of carbonyl (C=O) groups excluding carboxylic acids is 1. The van der Waals surface area contributed by atoms with Gasteiger partial charge in [-0.2, -0.15) is 0 Å². The maximum Gasteiger partial charge on any atom is 0.241 e. The van der Waals surface area contributed by atoms with Crippen molar-refractivity contribution in [1.29, 1.82) is 0 Å². The number of aromatic nitrogens is 2. The number of nitrogens with one attached hydrogen (secondary N) is 1. The zero-order valence-electron chi connectivity index (χ0n) is 17.6. The number of rotatable bonds is 6. The molecule has 0 unspecified atom stereocenters. The maximum absolute atomic E-state index is 14.7. The van der Waals surface area contributed by atoms with Crippen molar-refractivity contribution >= 4 is 29.7 Å². The van der Waals surface area contributed by atoms with Gasteiger partial charge < -0.3 is 15.1 Å². The molecular formula is C22H29FN6O. The van der Waals surface area contributed by atoms with Crippen LogP contribution in [-0.4, -0.2) is 78.3 Å². The van der Waals surface area contributed by atoms with Gasteiger partial charge in [0, 0.05) is 38.5 Å². The fourth-order valence-corrected chi connectivity index (χ4v) is 3.56. The number of nitrogens with zero attached hydrogens (tertiary/aromatic N) is 5. The van der Waals surface area contributed by atoms with Crippen LogP contribution < -0.4 is 5.32 Å². The summed E-state index contributed by atoms with van der Waals surface area (Å²) in [7, 11) is 3.71. The fraction of sp³-hybridized carbons (Fsp3) is 0.409. The van der Waals surface area contributed by atoms with Crippen molar-refractivity contribution in [2.45, 2.75) is 12.8 Å². The third-order valence-corrected chi connectivity index (χ3v) is 5.18. The highest BCUT2D eigenvalue weighted by molar-refractivity contribution is 5.88. The third-order valence-electron chi connectivity index (χ3n) is 5.18. The molecule has 1 fully saturated rings. The van der Waals surface area contributed by atoms with Crippen molar-refractivity contribution in [1.82, 2.24) is 19.4 Å². The Kier molecular flexibility index (Phi) is 7.35. The average molecular weight is 413 g/mol. The van der Waals surface area contributed by atoms with E-state index in [1.807, 2.05) is 11.0 Å². The Balaban J connectivity index is 1.90. The monoisotopic (exact) mass is 412 g/mol. The summed E-state index contributed by atoms with van der Waals surface area (Å²) in [6.07, 6.45) is 11.5. The highest BCUT2D eigenvalue weighted by Crippen LogP contribution is 2.31. The van der Waals surface area contributed by atoms with Gasteiger partial charge in [0.15, 0.2) is 5.82 Å². The normalized spacial score (nSPS) is 18.0. The van der Waals surface area contributed by atoms with Crippen molar-refractivity contribution in [2.75, 3.05) is 52.1 Å². The number of hydrogen-bond acceptors (Lipinski definition) is 5. The highest BCUT2D eigenvalue weighted by atomic mass is 19.1. The first-order valence-electron chi connectivity index (χ1n) is 10.2. The minimum atomic E-state index is -0.373. The molecule has 1 aromatic rings. The summed E-state index contributed by atoms with van der Waals surface area (Å²) in [5.41, 5.74) is 0.787. The van der Waals surface area contributed by atoms with Crippen molar-refractivity contribution in [3.8, 4) is 0 Å². The molecule has 0 atom stereocenters. The Labute approximate surface area is 177 Å². The van der Waals surface area contributed by atoms with E-state index in [2.05, 4.69) is 33.8 Å². The van der Waals surface area contributed by atoms with Crippen LogP contribution in [0.1, 0.15) is 24.4 Å². The van der Waals surface area contributed by atoms with Crippen LogP contribution >= 0.6 is 0 Å². The predicted molar refractivity (Wildman–Crippen MR) is 120 cm³/mol. The molecule has 2 heterocycles. The van der Waals surface area contributed by atoms with E-state index >= 15 is 0 Å². The number of imidazole rings is 1. The van der Waals surface area contributed by atoms with E-state index in [1.54, 1.807) is 36.2 Å². The van der Waals surface area contributed by atoms with Crippen LogP contribution in [0, 0.1) is 0 Å². The van der Waals surface area contributed by atoms with Gasteiger partial charge in [-0.1, -0.05) is 24.8 Å². The van der Waals surface area contributed by atoms with Crippen molar-refractivity contribution in [2.24, 2.45) is 4.99 Å². The van der Waals surface area contributed by atoms with Crippen LogP contribution in [0.5, 0.6) is 0 Å². The van der Waals surface area contributed by atoms with Gasteiger partial charge in [0.25, 0.3) is 0 Å².